The van der Waals surface area contributed by atoms with Crippen LogP contribution >= 0.6 is 11.6 Å². The standard InChI is InChI=1S/C9H14ClN5O/c1-5(2)15(4-7(11)16)8-3-6(10)13-9(12)14-8/h3,5H,4H2,1-2H3,(H2,11,16)(H2,12,13,14). The fourth-order valence-corrected chi connectivity index (χ4v) is 1.45. The molecule has 0 aliphatic rings. The van der Waals surface area contributed by atoms with Crippen molar-refractivity contribution in [2.75, 3.05) is 17.2 Å². The van der Waals surface area contributed by atoms with Crippen molar-refractivity contribution in [2.24, 2.45) is 5.73 Å². The number of hydrogen-bond acceptors (Lipinski definition) is 5. The zero-order valence-electron chi connectivity index (χ0n) is 9.14. The molecule has 88 valence electrons. The smallest absolute Gasteiger partial charge is 0.237 e. The lowest BCUT2D eigenvalue weighted by atomic mass is 10.3. The molecule has 0 spiro atoms. The average molecular weight is 244 g/mol. The van der Waals surface area contributed by atoms with E-state index in [0.29, 0.717) is 5.82 Å². The molecule has 0 aromatic carbocycles. The second-order valence-corrected chi connectivity index (χ2v) is 3.98. The van der Waals surface area contributed by atoms with E-state index in [9.17, 15) is 4.79 Å². The molecule has 0 aliphatic heterocycles. The van der Waals surface area contributed by atoms with Gasteiger partial charge in [0.2, 0.25) is 11.9 Å². The maximum absolute atomic E-state index is 10.9. The van der Waals surface area contributed by atoms with Crippen molar-refractivity contribution < 1.29 is 4.79 Å². The van der Waals surface area contributed by atoms with Crippen LogP contribution < -0.4 is 16.4 Å². The van der Waals surface area contributed by atoms with Gasteiger partial charge in [-0.05, 0) is 13.8 Å². The molecule has 0 radical (unpaired) electrons. The van der Waals surface area contributed by atoms with Crippen LogP contribution in [-0.4, -0.2) is 28.5 Å². The molecule has 0 fully saturated rings. The summed E-state index contributed by atoms with van der Waals surface area (Å²) in [6, 6.07) is 1.60. The summed E-state index contributed by atoms with van der Waals surface area (Å²) in [7, 11) is 0. The average Bonchev–Trinajstić information content (AvgIpc) is 2.11. The molecule has 1 aromatic heterocycles. The Kier molecular flexibility index (Phi) is 3.89. The normalized spacial score (nSPS) is 10.5. The fraction of sp³-hybridized carbons (Fsp3) is 0.444. The molecule has 1 aromatic rings. The second-order valence-electron chi connectivity index (χ2n) is 3.60. The number of rotatable bonds is 4. The lowest BCUT2D eigenvalue weighted by Crippen LogP contribution is -2.39. The second kappa shape index (κ2) is 4.98. The van der Waals surface area contributed by atoms with Crippen molar-refractivity contribution in [3.8, 4) is 0 Å². The molecule has 0 bridgehead atoms. The van der Waals surface area contributed by atoms with E-state index in [4.69, 9.17) is 23.1 Å². The summed E-state index contributed by atoms with van der Waals surface area (Å²) in [5.41, 5.74) is 10.6. The lowest BCUT2D eigenvalue weighted by molar-refractivity contribution is -0.116. The molecule has 0 saturated carbocycles. The number of amides is 1. The number of carbonyl (C=O) groups is 1. The highest BCUT2D eigenvalue weighted by molar-refractivity contribution is 6.29. The van der Waals surface area contributed by atoms with Gasteiger partial charge in [0, 0.05) is 12.1 Å². The summed E-state index contributed by atoms with van der Waals surface area (Å²) in [6.45, 7) is 3.88. The van der Waals surface area contributed by atoms with E-state index in [1.54, 1.807) is 11.0 Å². The van der Waals surface area contributed by atoms with Gasteiger partial charge >= 0.3 is 0 Å². The maximum Gasteiger partial charge on any atom is 0.237 e. The predicted molar refractivity (Wildman–Crippen MR) is 63.1 cm³/mol. The largest absolute Gasteiger partial charge is 0.368 e. The molecule has 1 heterocycles. The molecule has 0 unspecified atom stereocenters. The van der Waals surface area contributed by atoms with Gasteiger partial charge in [-0.15, -0.1) is 0 Å². The molecular weight excluding hydrogens is 230 g/mol. The number of aromatic nitrogens is 2. The third-order valence-corrected chi connectivity index (χ3v) is 2.14. The summed E-state index contributed by atoms with van der Waals surface area (Å²) >= 11 is 5.76. The molecule has 1 rings (SSSR count). The number of halogens is 1. The van der Waals surface area contributed by atoms with Crippen LogP contribution in [0.25, 0.3) is 0 Å². The Morgan fingerprint density at radius 3 is 2.62 bits per heavy atom. The van der Waals surface area contributed by atoms with Crippen molar-refractivity contribution >= 4 is 29.3 Å². The fourth-order valence-electron chi connectivity index (χ4n) is 1.27. The van der Waals surface area contributed by atoms with Crippen LogP contribution in [0.4, 0.5) is 11.8 Å². The quantitative estimate of drug-likeness (QED) is 0.747. The van der Waals surface area contributed by atoms with E-state index in [0.717, 1.165) is 0 Å². The van der Waals surface area contributed by atoms with Crippen molar-refractivity contribution in [1.29, 1.82) is 0 Å². The van der Waals surface area contributed by atoms with Crippen molar-refractivity contribution in [2.45, 2.75) is 19.9 Å². The van der Waals surface area contributed by atoms with Gasteiger partial charge in [-0.2, -0.15) is 4.98 Å². The van der Waals surface area contributed by atoms with Gasteiger partial charge in [0.1, 0.15) is 11.0 Å². The van der Waals surface area contributed by atoms with Gasteiger partial charge in [-0.3, -0.25) is 4.79 Å². The minimum Gasteiger partial charge on any atom is -0.368 e. The maximum atomic E-state index is 10.9. The first-order chi connectivity index (χ1) is 7.40. The number of anilines is 2. The zero-order chi connectivity index (χ0) is 12.3. The molecule has 6 nitrogen and oxygen atoms in total. The lowest BCUT2D eigenvalue weighted by Gasteiger charge is -2.26. The molecular formula is C9H14ClN5O. The van der Waals surface area contributed by atoms with Crippen molar-refractivity contribution in [3.63, 3.8) is 0 Å². The summed E-state index contributed by atoms with van der Waals surface area (Å²) in [5, 5.41) is 0.234. The first-order valence-corrected chi connectivity index (χ1v) is 5.13. The Morgan fingerprint density at radius 2 is 2.19 bits per heavy atom. The Morgan fingerprint density at radius 1 is 1.56 bits per heavy atom. The van der Waals surface area contributed by atoms with E-state index < -0.39 is 5.91 Å². The summed E-state index contributed by atoms with van der Waals surface area (Å²) in [5.74, 6) is 0.117. The van der Waals surface area contributed by atoms with Gasteiger partial charge < -0.3 is 16.4 Å². The number of primary amides is 1. The number of hydrogen-bond donors (Lipinski definition) is 2. The Balaban J connectivity index is 3.05. The molecule has 0 atom stereocenters. The Labute approximate surface area is 98.6 Å². The van der Waals surface area contributed by atoms with Crippen LogP contribution in [0.3, 0.4) is 0 Å². The molecule has 0 saturated heterocycles. The van der Waals surface area contributed by atoms with E-state index in [-0.39, 0.29) is 23.7 Å². The first kappa shape index (κ1) is 12.5. The summed E-state index contributed by atoms with van der Waals surface area (Å²) in [6.07, 6.45) is 0. The van der Waals surface area contributed by atoms with Gasteiger partial charge in [-0.1, -0.05) is 11.6 Å². The summed E-state index contributed by atoms with van der Waals surface area (Å²) in [4.78, 5) is 20.4. The molecule has 1 amide bonds. The third-order valence-electron chi connectivity index (χ3n) is 1.94. The minimum atomic E-state index is -0.443. The van der Waals surface area contributed by atoms with Crippen LogP contribution in [0.2, 0.25) is 5.15 Å². The number of nitrogens with zero attached hydrogens (tertiary/aromatic N) is 3. The number of carbonyl (C=O) groups excluding carboxylic acids is 1. The third kappa shape index (κ3) is 3.23. The first-order valence-electron chi connectivity index (χ1n) is 4.75. The monoisotopic (exact) mass is 243 g/mol. The Bertz CT molecular complexity index is 375. The van der Waals surface area contributed by atoms with Gasteiger partial charge in [0.15, 0.2) is 0 Å². The topological polar surface area (TPSA) is 98.1 Å². The van der Waals surface area contributed by atoms with Gasteiger partial charge in [0.05, 0.1) is 6.54 Å². The molecule has 16 heavy (non-hydrogen) atoms. The van der Waals surface area contributed by atoms with E-state index in [1.807, 2.05) is 13.8 Å². The van der Waals surface area contributed by atoms with Gasteiger partial charge in [-0.25, -0.2) is 4.98 Å². The van der Waals surface area contributed by atoms with E-state index in [2.05, 4.69) is 9.97 Å². The highest BCUT2D eigenvalue weighted by Crippen LogP contribution is 2.18. The van der Waals surface area contributed by atoms with Gasteiger partial charge in [0.25, 0.3) is 0 Å². The van der Waals surface area contributed by atoms with Crippen LogP contribution in [0.15, 0.2) is 6.07 Å². The SMILES string of the molecule is CC(C)N(CC(N)=O)c1cc(Cl)nc(N)n1. The van der Waals surface area contributed by atoms with E-state index >= 15 is 0 Å². The van der Waals surface area contributed by atoms with E-state index in [1.165, 1.54) is 0 Å². The van der Waals surface area contributed by atoms with Crippen LogP contribution in [0, 0.1) is 0 Å². The van der Waals surface area contributed by atoms with Crippen molar-refractivity contribution in [1.82, 2.24) is 9.97 Å². The summed E-state index contributed by atoms with van der Waals surface area (Å²) < 4.78 is 0. The number of nitrogens with two attached hydrogens (primary N) is 2. The predicted octanol–water partition coefficient (Wildman–Crippen LogP) is 0.412. The zero-order valence-corrected chi connectivity index (χ0v) is 9.90. The van der Waals surface area contributed by atoms with Crippen molar-refractivity contribution in [3.05, 3.63) is 11.2 Å². The minimum absolute atomic E-state index is 0.0536. The highest BCUT2D eigenvalue weighted by atomic mass is 35.5. The molecule has 4 N–H and O–H groups in total. The molecule has 7 heteroatoms. The Hall–Kier alpha value is -1.56. The van der Waals surface area contributed by atoms with Crippen LogP contribution in [0.5, 0.6) is 0 Å². The highest BCUT2D eigenvalue weighted by Gasteiger charge is 2.15. The molecule has 0 aliphatic carbocycles. The number of nitrogen functional groups attached to an aromatic ring is 1. The van der Waals surface area contributed by atoms with Crippen LogP contribution in [0.1, 0.15) is 13.8 Å². The van der Waals surface area contributed by atoms with Crippen LogP contribution in [-0.2, 0) is 4.79 Å².